The van der Waals surface area contributed by atoms with E-state index < -0.39 is 8.80 Å². The van der Waals surface area contributed by atoms with Crippen molar-refractivity contribution < 1.29 is 0 Å². The molecule has 0 unspecified atom stereocenters. The molecule has 0 spiro atoms. The van der Waals surface area contributed by atoms with Crippen molar-refractivity contribution in [3.05, 3.63) is 0 Å². The minimum absolute atomic E-state index is 0.507. The van der Waals surface area contributed by atoms with Gasteiger partial charge in [0, 0.05) is 8.80 Å². The first-order chi connectivity index (χ1) is 25.8. The highest BCUT2D eigenvalue weighted by molar-refractivity contribution is 6.58. The molecule has 0 aliphatic heterocycles. The van der Waals surface area contributed by atoms with E-state index in [9.17, 15) is 0 Å². The summed E-state index contributed by atoms with van der Waals surface area (Å²) in [4.78, 5) is 0. The van der Waals surface area contributed by atoms with E-state index in [1.165, 1.54) is 250 Å². The van der Waals surface area contributed by atoms with E-state index in [0.717, 1.165) is 0 Å². The molecular formula is C51H106Si. The number of rotatable bonds is 48. The lowest BCUT2D eigenvalue weighted by Gasteiger charge is -2.15. The lowest BCUT2D eigenvalue weighted by atomic mass is 10.0. The minimum Gasteiger partial charge on any atom is -0.0654 e. The van der Waals surface area contributed by atoms with Crippen LogP contribution in [-0.4, -0.2) is 8.80 Å². The van der Waals surface area contributed by atoms with Crippen LogP contribution in [0.15, 0.2) is 0 Å². The van der Waals surface area contributed by atoms with Crippen LogP contribution in [0.1, 0.15) is 310 Å². The molecule has 0 fully saturated rings. The van der Waals surface area contributed by atoms with Gasteiger partial charge in [-0.05, 0) is 0 Å². The zero-order valence-corrected chi connectivity index (χ0v) is 38.7. The van der Waals surface area contributed by atoms with E-state index in [2.05, 4.69) is 20.8 Å². The minimum atomic E-state index is -0.507. The Kier molecular flexibility index (Phi) is 49.4. The predicted molar refractivity (Wildman–Crippen MR) is 246 cm³/mol. The first-order valence-electron chi connectivity index (χ1n) is 25.8. The van der Waals surface area contributed by atoms with Crippen molar-refractivity contribution in [2.75, 3.05) is 0 Å². The van der Waals surface area contributed by atoms with Crippen molar-refractivity contribution in [1.82, 2.24) is 0 Å². The van der Waals surface area contributed by atoms with Crippen LogP contribution in [0, 0.1) is 0 Å². The van der Waals surface area contributed by atoms with Crippen LogP contribution in [0.5, 0.6) is 0 Å². The van der Waals surface area contributed by atoms with E-state index in [-0.39, 0.29) is 0 Å². The molecule has 0 aromatic rings. The highest BCUT2D eigenvalue weighted by Crippen LogP contribution is 2.22. The molecule has 0 aliphatic rings. The Balaban J connectivity index is 3.94. The van der Waals surface area contributed by atoms with Gasteiger partial charge in [0.2, 0.25) is 0 Å². The van der Waals surface area contributed by atoms with E-state index in [1.54, 1.807) is 56.7 Å². The SMILES string of the molecule is CCCCCCCCCCCCCCCCC[SiH](CCCCCCCCCCCCCCCCC)CCCCCCCCCCCCCCCCC. The number of unbranched alkanes of at least 4 members (excludes halogenated alkanes) is 42. The molecule has 0 saturated carbocycles. The van der Waals surface area contributed by atoms with Gasteiger partial charge >= 0.3 is 0 Å². The Morgan fingerprint density at radius 2 is 0.269 bits per heavy atom. The van der Waals surface area contributed by atoms with Crippen molar-refractivity contribution >= 4 is 8.80 Å². The monoisotopic (exact) mass is 747 g/mol. The van der Waals surface area contributed by atoms with Gasteiger partial charge in [-0.2, -0.15) is 0 Å². The second-order valence-electron chi connectivity index (χ2n) is 18.1. The van der Waals surface area contributed by atoms with Gasteiger partial charge in [-0.25, -0.2) is 0 Å². The Morgan fingerprint density at radius 1 is 0.154 bits per heavy atom. The van der Waals surface area contributed by atoms with Crippen molar-refractivity contribution in [1.29, 1.82) is 0 Å². The zero-order chi connectivity index (χ0) is 37.5. The average Bonchev–Trinajstić information content (AvgIpc) is 3.15. The second-order valence-corrected chi connectivity index (χ2v) is 21.5. The number of hydrogen-bond acceptors (Lipinski definition) is 0. The molecule has 0 saturated heterocycles. The maximum Gasteiger partial charge on any atom is 0.0367 e. The highest BCUT2D eigenvalue weighted by atomic mass is 28.3. The molecule has 0 rings (SSSR count). The van der Waals surface area contributed by atoms with Crippen LogP contribution in [-0.2, 0) is 0 Å². The molecule has 314 valence electrons. The summed E-state index contributed by atoms with van der Waals surface area (Å²) in [6.07, 6.45) is 67.3. The molecule has 0 aliphatic carbocycles. The van der Waals surface area contributed by atoms with Crippen molar-refractivity contribution in [2.45, 2.75) is 328 Å². The molecule has 0 radical (unpaired) electrons. The van der Waals surface area contributed by atoms with Crippen LogP contribution < -0.4 is 0 Å². The summed E-state index contributed by atoms with van der Waals surface area (Å²) < 4.78 is 0. The third kappa shape index (κ3) is 46.4. The van der Waals surface area contributed by atoms with Gasteiger partial charge in [0.1, 0.15) is 0 Å². The second kappa shape index (κ2) is 49.2. The van der Waals surface area contributed by atoms with Crippen LogP contribution >= 0.6 is 0 Å². The van der Waals surface area contributed by atoms with E-state index in [4.69, 9.17) is 0 Å². The maximum atomic E-state index is 2.32. The quantitative estimate of drug-likeness (QED) is 0.0430. The molecule has 0 N–H and O–H groups in total. The third-order valence-corrected chi connectivity index (χ3v) is 16.3. The molecular weight excluding hydrogens is 641 g/mol. The lowest BCUT2D eigenvalue weighted by molar-refractivity contribution is 0.532. The summed E-state index contributed by atoms with van der Waals surface area (Å²) in [5.74, 6) is 0. The zero-order valence-electron chi connectivity index (χ0n) is 37.5. The van der Waals surface area contributed by atoms with Crippen LogP contribution in [0.3, 0.4) is 0 Å². The van der Waals surface area contributed by atoms with Crippen LogP contribution in [0.25, 0.3) is 0 Å². The normalized spacial score (nSPS) is 11.8. The molecule has 0 atom stereocenters. The van der Waals surface area contributed by atoms with Crippen molar-refractivity contribution in [3.8, 4) is 0 Å². The van der Waals surface area contributed by atoms with Crippen LogP contribution in [0.4, 0.5) is 0 Å². The molecule has 0 amide bonds. The lowest BCUT2D eigenvalue weighted by Crippen LogP contribution is -2.12. The highest BCUT2D eigenvalue weighted by Gasteiger charge is 2.10. The first-order valence-corrected chi connectivity index (χ1v) is 28.3. The standard InChI is InChI=1S/C51H106Si/c1-4-7-10-13-16-19-22-25-28-31-34-37-40-43-46-49-52(50-47-44-41-38-35-32-29-26-23-20-17-14-11-8-5-2)51-48-45-42-39-36-33-30-27-24-21-18-15-12-9-6-3/h52H,4-51H2,1-3H3. The Bertz CT molecular complexity index is 505. The first kappa shape index (κ1) is 52.2. The molecule has 0 aromatic heterocycles. The molecule has 52 heavy (non-hydrogen) atoms. The van der Waals surface area contributed by atoms with Crippen LogP contribution in [0.2, 0.25) is 18.1 Å². The topological polar surface area (TPSA) is 0 Å². The summed E-state index contributed by atoms with van der Waals surface area (Å²) in [5.41, 5.74) is 0. The van der Waals surface area contributed by atoms with Gasteiger partial charge in [0.15, 0.2) is 0 Å². The summed E-state index contributed by atoms with van der Waals surface area (Å²) >= 11 is 0. The van der Waals surface area contributed by atoms with Gasteiger partial charge in [-0.15, -0.1) is 0 Å². The molecule has 1 heteroatoms. The largest absolute Gasteiger partial charge is 0.0654 e. The summed E-state index contributed by atoms with van der Waals surface area (Å²) in [6, 6.07) is 5.03. The van der Waals surface area contributed by atoms with Gasteiger partial charge in [-0.1, -0.05) is 328 Å². The van der Waals surface area contributed by atoms with Gasteiger partial charge in [0.25, 0.3) is 0 Å². The molecule has 0 nitrogen and oxygen atoms in total. The van der Waals surface area contributed by atoms with E-state index >= 15 is 0 Å². The van der Waals surface area contributed by atoms with Gasteiger partial charge in [0.05, 0.1) is 0 Å². The van der Waals surface area contributed by atoms with Gasteiger partial charge in [-0.3, -0.25) is 0 Å². The van der Waals surface area contributed by atoms with E-state index in [1.807, 2.05) is 0 Å². The average molecular weight is 747 g/mol. The van der Waals surface area contributed by atoms with E-state index in [0.29, 0.717) is 0 Å². The fraction of sp³-hybridized carbons (Fsp3) is 1.00. The van der Waals surface area contributed by atoms with Gasteiger partial charge < -0.3 is 0 Å². The molecule has 0 aromatic carbocycles. The number of hydrogen-bond donors (Lipinski definition) is 0. The Morgan fingerprint density at radius 3 is 0.404 bits per heavy atom. The Labute approximate surface area is 335 Å². The Hall–Kier alpha value is 0.217. The smallest absolute Gasteiger partial charge is 0.0367 e. The fourth-order valence-corrected chi connectivity index (χ4v) is 12.3. The predicted octanol–water partition coefficient (Wildman–Crippen LogP) is 19.8. The summed E-state index contributed by atoms with van der Waals surface area (Å²) in [5, 5.41) is 0. The summed E-state index contributed by atoms with van der Waals surface area (Å²) in [6.45, 7) is 6.97. The van der Waals surface area contributed by atoms with Crippen molar-refractivity contribution in [3.63, 3.8) is 0 Å². The summed E-state index contributed by atoms with van der Waals surface area (Å²) in [7, 11) is -0.507. The third-order valence-electron chi connectivity index (χ3n) is 12.6. The van der Waals surface area contributed by atoms with Crippen molar-refractivity contribution in [2.24, 2.45) is 0 Å². The molecule has 0 heterocycles. The molecule has 0 bridgehead atoms. The maximum absolute atomic E-state index is 2.32. The fourth-order valence-electron chi connectivity index (χ4n) is 8.85.